The molecular formula is C22H21NO4S. The molecule has 2 aromatic carbocycles. The largest absolute Gasteiger partial charge is 0.497 e. The lowest BCUT2D eigenvalue weighted by Gasteiger charge is -2.13. The zero-order chi connectivity index (χ0) is 20.3. The predicted molar refractivity (Wildman–Crippen MR) is 109 cm³/mol. The Morgan fingerprint density at radius 3 is 2.46 bits per heavy atom. The molecule has 0 aliphatic heterocycles. The standard InChI is InChI=1S/C22H21NO4S/c1-13-5-6-14(2)18(11-13)20(24)15(3)27-22(25)19-12-28-21(23-19)16-7-9-17(26-4)10-8-16/h5-12,15H,1-4H3/t15-/m0/s1. The van der Waals surface area contributed by atoms with Gasteiger partial charge in [0, 0.05) is 16.5 Å². The zero-order valence-corrected chi connectivity index (χ0v) is 17.0. The summed E-state index contributed by atoms with van der Waals surface area (Å²) in [4.78, 5) is 29.4. The van der Waals surface area contributed by atoms with Gasteiger partial charge in [0.1, 0.15) is 10.8 Å². The number of hydrogen-bond acceptors (Lipinski definition) is 6. The second kappa shape index (κ2) is 8.35. The number of esters is 1. The minimum Gasteiger partial charge on any atom is -0.497 e. The maximum absolute atomic E-state index is 12.7. The van der Waals surface area contributed by atoms with Crippen molar-refractivity contribution in [3.63, 3.8) is 0 Å². The molecular weight excluding hydrogens is 374 g/mol. The zero-order valence-electron chi connectivity index (χ0n) is 16.2. The average molecular weight is 395 g/mol. The molecule has 0 bridgehead atoms. The number of benzene rings is 2. The van der Waals surface area contributed by atoms with Gasteiger partial charge < -0.3 is 9.47 Å². The van der Waals surface area contributed by atoms with E-state index in [9.17, 15) is 9.59 Å². The molecule has 28 heavy (non-hydrogen) atoms. The van der Waals surface area contributed by atoms with E-state index in [1.165, 1.54) is 11.3 Å². The SMILES string of the molecule is COc1ccc(-c2nc(C(=O)O[C@@H](C)C(=O)c3cc(C)ccc3C)cs2)cc1. The van der Waals surface area contributed by atoms with E-state index < -0.39 is 12.1 Å². The molecule has 0 N–H and O–H groups in total. The number of methoxy groups -OCH3 is 1. The van der Waals surface area contributed by atoms with Gasteiger partial charge in [0.25, 0.3) is 0 Å². The van der Waals surface area contributed by atoms with Crippen LogP contribution in [-0.4, -0.2) is 30.0 Å². The monoisotopic (exact) mass is 395 g/mol. The van der Waals surface area contributed by atoms with Crippen molar-refractivity contribution < 1.29 is 19.1 Å². The molecule has 1 heterocycles. The molecule has 3 aromatic rings. The second-order valence-electron chi connectivity index (χ2n) is 6.50. The fraction of sp³-hybridized carbons (Fsp3) is 0.227. The van der Waals surface area contributed by atoms with Crippen molar-refractivity contribution in [2.45, 2.75) is 26.9 Å². The van der Waals surface area contributed by atoms with Gasteiger partial charge in [0.15, 0.2) is 11.8 Å². The Labute approximate surface area is 168 Å². The van der Waals surface area contributed by atoms with E-state index in [-0.39, 0.29) is 11.5 Å². The molecule has 0 aliphatic rings. The molecule has 3 rings (SSSR count). The summed E-state index contributed by atoms with van der Waals surface area (Å²) < 4.78 is 10.5. The van der Waals surface area contributed by atoms with Gasteiger partial charge in [0.2, 0.25) is 5.78 Å². The molecule has 0 spiro atoms. The Hall–Kier alpha value is -2.99. The predicted octanol–water partition coefficient (Wildman–Crippen LogP) is 4.86. The molecule has 0 radical (unpaired) electrons. The summed E-state index contributed by atoms with van der Waals surface area (Å²) in [5.74, 6) is -0.0824. The van der Waals surface area contributed by atoms with Crippen LogP contribution in [0.25, 0.3) is 10.6 Å². The highest BCUT2D eigenvalue weighted by Crippen LogP contribution is 2.26. The number of ether oxygens (including phenoxy) is 2. The first-order valence-electron chi connectivity index (χ1n) is 8.81. The highest BCUT2D eigenvalue weighted by Gasteiger charge is 2.23. The fourth-order valence-electron chi connectivity index (χ4n) is 2.73. The second-order valence-corrected chi connectivity index (χ2v) is 7.35. The summed E-state index contributed by atoms with van der Waals surface area (Å²) in [6, 6.07) is 13.1. The third-order valence-corrected chi connectivity index (χ3v) is 5.25. The number of aryl methyl sites for hydroxylation is 2. The molecule has 5 nitrogen and oxygen atoms in total. The van der Waals surface area contributed by atoms with Gasteiger partial charge >= 0.3 is 5.97 Å². The Morgan fingerprint density at radius 1 is 1.07 bits per heavy atom. The number of carbonyl (C=O) groups is 2. The first-order valence-corrected chi connectivity index (χ1v) is 9.69. The van der Waals surface area contributed by atoms with Gasteiger partial charge in [-0.15, -0.1) is 11.3 Å². The Kier molecular flexibility index (Phi) is 5.90. The summed E-state index contributed by atoms with van der Waals surface area (Å²) in [7, 11) is 1.60. The first kappa shape index (κ1) is 19.8. The van der Waals surface area contributed by atoms with Crippen LogP contribution in [0.1, 0.15) is 38.9 Å². The van der Waals surface area contributed by atoms with Gasteiger partial charge in [-0.1, -0.05) is 17.7 Å². The number of rotatable bonds is 6. The van der Waals surface area contributed by atoms with E-state index in [0.29, 0.717) is 10.6 Å². The summed E-state index contributed by atoms with van der Waals surface area (Å²) in [6.45, 7) is 5.37. The minimum atomic E-state index is -0.890. The van der Waals surface area contributed by atoms with Crippen molar-refractivity contribution in [3.05, 3.63) is 70.2 Å². The molecule has 0 saturated heterocycles. The number of Topliss-reactive ketones (excluding diaryl/α,β-unsaturated/α-hetero) is 1. The molecule has 144 valence electrons. The molecule has 0 fully saturated rings. The van der Waals surface area contributed by atoms with Crippen molar-refractivity contribution >= 4 is 23.1 Å². The van der Waals surface area contributed by atoms with E-state index in [1.54, 1.807) is 19.4 Å². The van der Waals surface area contributed by atoms with Crippen LogP contribution < -0.4 is 4.74 Å². The summed E-state index contributed by atoms with van der Waals surface area (Å²) in [6.07, 6.45) is -0.890. The van der Waals surface area contributed by atoms with E-state index in [1.807, 2.05) is 56.3 Å². The number of hydrogen-bond donors (Lipinski definition) is 0. The van der Waals surface area contributed by atoms with Gasteiger partial charge in [-0.3, -0.25) is 4.79 Å². The van der Waals surface area contributed by atoms with Crippen molar-refractivity contribution in [2.75, 3.05) is 7.11 Å². The average Bonchev–Trinajstić information content (AvgIpc) is 3.19. The number of ketones is 1. The molecule has 0 amide bonds. The molecule has 1 aromatic heterocycles. The van der Waals surface area contributed by atoms with Gasteiger partial charge in [-0.2, -0.15) is 0 Å². The third-order valence-electron chi connectivity index (χ3n) is 4.36. The molecule has 0 saturated carbocycles. The topological polar surface area (TPSA) is 65.5 Å². The van der Waals surface area contributed by atoms with Gasteiger partial charge in [-0.05, 0) is 56.7 Å². The van der Waals surface area contributed by atoms with Gasteiger partial charge in [0.05, 0.1) is 7.11 Å². The van der Waals surface area contributed by atoms with Crippen LogP contribution in [0.2, 0.25) is 0 Å². The van der Waals surface area contributed by atoms with Crippen LogP contribution in [0.3, 0.4) is 0 Å². The van der Waals surface area contributed by atoms with Crippen LogP contribution in [-0.2, 0) is 4.74 Å². The maximum Gasteiger partial charge on any atom is 0.358 e. The summed E-state index contributed by atoms with van der Waals surface area (Å²) in [5.41, 5.74) is 3.48. The van der Waals surface area contributed by atoms with Crippen LogP contribution in [0.15, 0.2) is 47.8 Å². The Balaban J connectivity index is 1.71. The maximum atomic E-state index is 12.7. The first-order chi connectivity index (χ1) is 13.4. The molecule has 0 unspecified atom stereocenters. The van der Waals surface area contributed by atoms with Crippen molar-refractivity contribution in [3.8, 4) is 16.3 Å². The highest BCUT2D eigenvalue weighted by molar-refractivity contribution is 7.13. The number of carbonyl (C=O) groups excluding carboxylic acids is 2. The van der Waals surface area contributed by atoms with E-state index in [2.05, 4.69) is 4.98 Å². The van der Waals surface area contributed by atoms with E-state index in [4.69, 9.17) is 9.47 Å². The number of nitrogens with zero attached hydrogens (tertiary/aromatic N) is 1. The smallest absolute Gasteiger partial charge is 0.358 e. The van der Waals surface area contributed by atoms with Crippen LogP contribution in [0.5, 0.6) is 5.75 Å². The van der Waals surface area contributed by atoms with Crippen LogP contribution >= 0.6 is 11.3 Å². The van der Waals surface area contributed by atoms with Crippen LogP contribution in [0, 0.1) is 13.8 Å². The Morgan fingerprint density at radius 2 is 1.79 bits per heavy atom. The van der Waals surface area contributed by atoms with Crippen molar-refractivity contribution in [1.82, 2.24) is 4.98 Å². The highest BCUT2D eigenvalue weighted by atomic mass is 32.1. The normalized spacial score (nSPS) is 11.7. The lowest BCUT2D eigenvalue weighted by molar-refractivity contribution is 0.0313. The minimum absolute atomic E-state index is 0.191. The number of thiazole rings is 1. The van der Waals surface area contributed by atoms with Crippen molar-refractivity contribution in [1.29, 1.82) is 0 Å². The lowest BCUT2D eigenvalue weighted by Crippen LogP contribution is -2.25. The molecule has 6 heteroatoms. The Bertz CT molecular complexity index is 1010. The third kappa shape index (κ3) is 4.28. The fourth-order valence-corrected chi connectivity index (χ4v) is 3.52. The molecule has 1 atom stereocenters. The van der Waals surface area contributed by atoms with E-state index >= 15 is 0 Å². The number of aromatic nitrogens is 1. The quantitative estimate of drug-likeness (QED) is 0.440. The van der Waals surface area contributed by atoms with E-state index in [0.717, 1.165) is 22.4 Å². The van der Waals surface area contributed by atoms with Crippen LogP contribution in [0.4, 0.5) is 0 Å². The summed E-state index contributed by atoms with van der Waals surface area (Å²) in [5, 5.41) is 2.33. The van der Waals surface area contributed by atoms with Gasteiger partial charge in [-0.25, -0.2) is 9.78 Å². The lowest BCUT2D eigenvalue weighted by atomic mass is 9.99. The van der Waals surface area contributed by atoms with Crippen molar-refractivity contribution in [2.24, 2.45) is 0 Å². The molecule has 0 aliphatic carbocycles. The summed E-state index contributed by atoms with van der Waals surface area (Å²) >= 11 is 1.34.